The average molecular weight is 487 g/mol. The number of allylic oxidation sites excluding steroid dienone is 4. The SMILES string of the molecule is CC1=[C-]CC(C)=C1.Cc1cc2ccccc2[cH-]1.[CH3][Ge]([CH3])=[Zr+2].[Cl-].[Cl-]. The van der Waals surface area contributed by atoms with E-state index in [4.69, 9.17) is 0 Å². The second-order valence-corrected chi connectivity index (χ2v) is 22.7. The van der Waals surface area contributed by atoms with Crippen LogP contribution in [0, 0.1) is 13.0 Å². The number of hydrogen-bond acceptors (Lipinski definition) is 0. The zero-order valence-corrected chi connectivity index (χ0v) is 20.6. The van der Waals surface area contributed by atoms with Crippen molar-refractivity contribution in [1.29, 1.82) is 0 Å². The summed E-state index contributed by atoms with van der Waals surface area (Å²) in [5.41, 5.74) is 4.07. The molecule has 0 radical (unpaired) electrons. The van der Waals surface area contributed by atoms with Crippen LogP contribution in [0.2, 0.25) is 11.5 Å². The Labute approximate surface area is 169 Å². The Balaban J connectivity index is 0. The quantitative estimate of drug-likeness (QED) is 0.356. The van der Waals surface area contributed by atoms with E-state index in [2.05, 4.69) is 80.8 Å². The van der Waals surface area contributed by atoms with Crippen molar-refractivity contribution in [3.8, 4) is 0 Å². The average Bonchev–Trinajstić information content (AvgIpc) is 2.93. The molecule has 124 valence electrons. The van der Waals surface area contributed by atoms with Crippen LogP contribution < -0.4 is 24.8 Å². The summed E-state index contributed by atoms with van der Waals surface area (Å²) in [6.07, 6.45) is 6.41. The second-order valence-electron chi connectivity index (χ2n) is 5.69. The summed E-state index contributed by atoms with van der Waals surface area (Å²) in [6.45, 7) is 6.33. The molecule has 0 aliphatic heterocycles. The molecule has 1 aliphatic carbocycles. The van der Waals surface area contributed by atoms with Crippen LogP contribution in [0.3, 0.4) is 0 Å². The molecule has 0 aromatic heterocycles. The molecule has 2 aromatic rings. The Morgan fingerprint density at radius 1 is 1.09 bits per heavy atom. The van der Waals surface area contributed by atoms with Crippen molar-refractivity contribution in [2.45, 2.75) is 38.7 Å². The topological polar surface area (TPSA) is 0 Å². The summed E-state index contributed by atoms with van der Waals surface area (Å²) in [6, 6.07) is 12.8. The van der Waals surface area contributed by atoms with Gasteiger partial charge in [0.2, 0.25) is 0 Å². The molecule has 0 spiro atoms. The monoisotopic (exact) mass is 486 g/mol. The minimum absolute atomic E-state index is 0. The van der Waals surface area contributed by atoms with Gasteiger partial charge in [0.15, 0.2) is 0 Å². The molecule has 0 amide bonds. The van der Waals surface area contributed by atoms with Gasteiger partial charge in [-0.2, -0.15) is 11.6 Å². The molecule has 0 heterocycles. The third-order valence-corrected chi connectivity index (χ3v) is 2.87. The van der Waals surface area contributed by atoms with Gasteiger partial charge >= 0.3 is 43.1 Å². The number of hydrogen-bond donors (Lipinski definition) is 0. The second kappa shape index (κ2) is 13.6. The van der Waals surface area contributed by atoms with Gasteiger partial charge in [0, 0.05) is 0 Å². The predicted molar refractivity (Wildman–Crippen MR) is 92.6 cm³/mol. The maximum atomic E-state index is 3.19. The molecule has 4 heteroatoms. The van der Waals surface area contributed by atoms with Gasteiger partial charge in [-0.1, -0.05) is 26.8 Å². The summed E-state index contributed by atoms with van der Waals surface area (Å²) in [7, 11) is -0.243. The Hall–Kier alpha value is 0.316. The van der Waals surface area contributed by atoms with E-state index in [1.54, 1.807) is 21.6 Å². The first-order chi connectivity index (χ1) is 9.88. The van der Waals surface area contributed by atoms with Gasteiger partial charge in [0.1, 0.15) is 0 Å². The molecule has 0 fully saturated rings. The number of aryl methyl sites for hydroxylation is 1. The third-order valence-electron chi connectivity index (χ3n) is 2.87. The number of benzene rings is 1. The standard InChI is InChI=1S/C10H9.C7H9.C2H6Ge.2ClH.Zr/c1-8-6-9-4-2-3-5-10(9)7-8;1-6-3-4-7(2)5-6;1-3-2;;;/h2-7H,1H3;5H,3H2,1-2H3;1-2H3;2*1H;/q2*-1;;;;+2/p-2. The van der Waals surface area contributed by atoms with E-state index in [1.807, 2.05) is 0 Å². The van der Waals surface area contributed by atoms with Crippen LogP contribution in [0.5, 0.6) is 0 Å². The molecule has 0 saturated carbocycles. The normalized spacial score (nSPS) is 11.6. The molecule has 1 aliphatic rings. The molecule has 0 nitrogen and oxygen atoms in total. The van der Waals surface area contributed by atoms with Crippen molar-refractivity contribution >= 4 is 20.7 Å². The molecule has 0 unspecified atom stereocenters. The Kier molecular flexibility index (Phi) is 15.1. The van der Waals surface area contributed by atoms with Gasteiger partial charge in [-0.3, -0.25) is 6.08 Å². The zero-order valence-electron chi connectivity index (χ0n) is 14.5. The molecule has 0 atom stereocenters. The first-order valence-electron chi connectivity index (χ1n) is 7.27. The van der Waals surface area contributed by atoms with Crippen molar-refractivity contribution in [2.75, 3.05) is 0 Å². The molecule has 0 bridgehead atoms. The van der Waals surface area contributed by atoms with Crippen molar-refractivity contribution < 1.29 is 46.4 Å². The minimum atomic E-state index is -0.243. The first-order valence-corrected chi connectivity index (χ1v) is 18.9. The van der Waals surface area contributed by atoms with Gasteiger partial charge in [0.25, 0.3) is 0 Å². The fourth-order valence-electron chi connectivity index (χ4n) is 2.06. The van der Waals surface area contributed by atoms with E-state index >= 15 is 0 Å². The van der Waals surface area contributed by atoms with Crippen LogP contribution in [-0.2, 0) is 21.6 Å². The van der Waals surface area contributed by atoms with Gasteiger partial charge in [0.05, 0.1) is 0 Å². The maximum Gasteiger partial charge on any atom is -1.00 e. The molecular weight excluding hydrogens is 463 g/mol. The van der Waals surface area contributed by atoms with Gasteiger partial charge in [-0.25, -0.2) is 11.6 Å². The molecule has 0 N–H and O–H groups in total. The smallest absolute Gasteiger partial charge is 1.00 e. The van der Waals surface area contributed by atoms with Gasteiger partial charge < -0.3 is 24.8 Å². The van der Waals surface area contributed by atoms with Crippen molar-refractivity contribution in [3.63, 3.8) is 0 Å². The summed E-state index contributed by atoms with van der Waals surface area (Å²) in [5.74, 6) is 4.75. The van der Waals surface area contributed by atoms with Crippen LogP contribution in [0.25, 0.3) is 10.8 Å². The van der Waals surface area contributed by atoms with Crippen LogP contribution in [-0.4, -0.2) is 9.98 Å². The maximum absolute atomic E-state index is 3.19. The number of fused-ring (bicyclic) bond motifs is 1. The van der Waals surface area contributed by atoms with Crippen LogP contribution in [0.4, 0.5) is 0 Å². The summed E-state index contributed by atoms with van der Waals surface area (Å²) in [4.78, 5) is 0. The summed E-state index contributed by atoms with van der Waals surface area (Å²) in [5, 5.41) is 2.69. The first kappa shape index (κ1) is 25.6. The van der Waals surface area contributed by atoms with Crippen LogP contribution in [0.15, 0.2) is 53.6 Å². The number of rotatable bonds is 0. The molecule has 23 heavy (non-hydrogen) atoms. The predicted octanol–water partition coefficient (Wildman–Crippen LogP) is -0.255. The van der Waals surface area contributed by atoms with Gasteiger partial charge in [-0.15, -0.1) is 47.0 Å². The molecule has 0 saturated heterocycles. The van der Waals surface area contributed by atoms with E-state index in [1.165, 1.54) is 27.5 Å². The van der Waals surface area contributed by atoms with Gasteiger partial charge in [-0.05, 0) is 0 Å². The van der Waals surface area contributed by atoms with Crippen molar-refractivity contribution in [3.05, 3.63) is 65.3 Å². The number of halogens is 2. The fraction of sp³-hybridized carbons (Fsp3) is 0.316. The third kappa shape index (κ3) is 11.5. The Morgan fingerprint density at radius 3 is 2.04 bits per heavy atom. The van der Waals surface area contributed by atoms with E-state index in [-0.39, 0.29) is 34.8 Å². The van der Waals surface area contributed by atoms with E-state index in [0.29, 0.717) is 0 Å². The Bertz CT molecular complexity index is 632. The zero-order chi connectivity index (χ0) is 15.8. The van der Waals surface area contributed by atoms with E-state index in [9.17, 15) is 0 Å². The van der Waals surface area contributed by atoms with Crippen molar-refractivity contribution in [1.82, 2.24) is 0 Å². The van der Waals surface area contributed by atoms with Crippen molar-refractivity contribution in [2.24, 2.45) is 0 Å². The van der Waals surface area contributed by atoms with Crippen LogP contribution >= 0.6 is 0 Å². The molecule has 2 aromatic carbocycles. The molecular formula is C19H24Cl2GeZr-2. The van der Waals surface area contributed by atoms with E-state index < -0.39 is 0 Å². The summed E-state index contributed by atoms with van der Waals surface area (Å²) < 4.78 is 0. The fourth-order valence-corrected chi connectivity index (χ4v) is 2.06. The molecule has 3 rings (SSSR count). The van der Waals surface area contributed by atoms with E-state index in [0.717, 1.165) is 6.42 Å². The summed E-state index contributed by atoms with van der Waals surface area (Å²) >= 11 is 1.80. The largest absolute Gasteiger partial charge is 1.00 e. The minimum Gasteiger partial charge on any atom is -1.00 e. The van der Waals surface area contributed by atoms with Crippen LogP contribution in [0.1, 0.15) is 25.8 Å². The Morgan fingerprint density at radius 2 is 1.65 bits per heavy atom.